The lowest BCUT2D eigenvalue weighted by Gasteiger charge is -2.14. The third-order valence-electron chi connectivity index (χ3n) is 6.55. The minimum atomic E-state index is -4.06. The van der Waals surface area contributed by atoms with Crippen molar-refractivity contribution in [2.45, 2.75) is 24.6 Å². The zero-order valence-corrected chi connectivity index (χ0v) is 20.2. The largest absolute Gasteiger partial charge is 0.463 e. The molecule has 1 amide bonds. The summed E-state index contributed by atoms with van der Waals surface area (Å²) in [6.45, 7) is -0.483. The van der Waals surface area contributed by atoms with Gasteiger partial charge in [-0.1, -0.05) is 0 Å². The molecule has 0 unspecified atom stereocenters. The molecule has 1 fully saturated rings. The van der Waals surface area contributed by atoms with Gasteiger partial charge in [-0.2, -0.15) is 0 Å². The highest BCUT2D eigenvalue weighted by molar-refractivity contribution is 7.91. The van der Waals surface area contributed by atoms with Crippen molar-refractivity contribution in [1.82, 2.24) is 14.3 Å². The van der Waals surface area contributed by atoms with Gasteiger partial charge in [0.15, 0.2) is 0 Å². The number of sulfonamides is 1. The molecule has 38 heavy (non-hydrogen) atoms. The predicted molar refractivity (Wildman–Crippen MR) is 133 cm³/mol. The van der Waals surface area contributed by atoms with Crippen molar-refractivity contribution in [3.63, 3.8) is 0 Å². The van der Waals surface area contributed by atoms with Crippen molar-refractivity contribution < 1.29 is 30.8 Å². The Morgan fingerprint density at radius 3 is 2.63 bits per heavy atom. The van der Waals surface area contributed by atoms with Crippen molar-refractivity contribution in [3.8, 4) is 11.1 Å². The molecule has 194 valence electrons. The van der Waals surface area contributed by atoms with Crippen LogP contribution >= 0.6 is 0 Å². The average molecular weight is 542 g/mol. The van der Waals surface area contributed by atoms with Gasteiger partial charge in [0.05, 0.1) is 39.9 Å². The maximum Gasteiger partial charge on any atom is 0.282 e. The first-order chi connectivity index (χ1) is 18.2. The monoisotopic (exact) mass is 541 g/mol. The molecule has 0 spiro atoms. The lowest BCUT2D eigenvalue weighted by molar-refractivity contribution is 0.0973. The number of aromatic amines is 1. The molecule has 8 nitrogen and oxygen atoms in total. The van der Waals surface area contributed by atoms with E-state index in [4.69, 9.17) is 4.42 Å². The summed E-state index contributed by atoms with van der Waals surface area (Å²) in [5.74, 6) is -3.39. The van der Waals surface area contributed by atoms with Gasteiger partial charge in [0.2, 0.25) is 10.0 Å². The number of fused-ring (bicyclic) bond motifs is 3. The number of nitrogens with zero attached hydrogens (tertiary/aromatic N) is 1. The van der Waals surface area contributed by atoms with E-state index in [2.05, 4.69) is 4.98 Å². The fourth-order valence-electron chi connectivity index (χ4n) is 4.66. The standard InChI is InChI=1S/C26H18F3N3O5S/c27-14-3-6-18(28)13(10-14)12-32-20-11-19(29)16-7-9-37-24(16)22(20)21(17-2-1-8-30-25(17)33)23(32)26(34)31-38(35,36)15-4-5-15/h1-3,6-11,15H,4-5,12H2,(H,30,33)(H,31,34). The van der Waals surface area contributed by atoms with Gasteiger partial charge in [-0.05, 0) is 55.3 Å². The first kappa shape index (κ1) is 24.0. The fraction of sp³-hybridized carbons (Fsp3) is 0.154. The Kier molecular flexibility index (Phi) is 5.45. The number of carbonyl (C=O) groups excluding carboxylic acids is 1. The number of aromatic nitrogens is 2. The Hall–Kier alpha value is -4.32. The Balaban J connectivity index is 1.73. The van der Waals surface area contributed by atoms with Crippen molar-refractivity contribution in [2.75, 3.05) is 0 Å². The van der Waals surface area contributed by atoms with E-state index >= 15 is 4.39 Å². The van der Waals surface area contributed by atoms with E-state index in [0.29, 0.717) is 12.8 Å². The summed E-state index contributed by atoms with van der Waals surface area (Å²) in [5, 5.41) is -0.561. The van der Waals surface area contributed by atoms with Gasteiger partial charge in [-0.3, -0.25) is 9.59 Å². The number of amides is 1. The van der Waals surface area contributed by atoms with E-state index in [1.165, 1.54) is 30.7 Å². The third-order valence-corrected chi connectivity index (χ3v) is 8.37. The predicted octanol–water partition coefficient (Wildman–Crippen LogP) is 4.43. The maximum atomic E-state index is 15.1. The minimum absolute atomic E-state index is 0.00387. The number of hydrogen-bond acceptors (Lipinski definition) is 5. The Labute approximate surface area is 212 Å². The highest BCUT2D eigenvalue weighted by Gasteiger charge is 2.39. The molecule has 2 N–H and O–H groups in total. The molecular weight excluding hydrogens is 523 g/mol. The summed E-state index contributed by atoms with van der Waals surface area (Å²) >= 11 is 0. The van der Waals surface area contributed by atoms with Gasteiger partial charge < -0.3 is 14.0 Å². The van der Waals surface area contributed by atoms with Crippen molar-refractivity contribution in [1.29, 1.82) is 0 Å². The molecular formula is C26H18F3N3O5S. The van der Waals surface area contributed by atoms with E-state index in [1.54, 1.807) is 0 Å². The van der Waals surface area contributed by atoms with Crippen LogP contribution < -0.4 is 10.3 Å². The van der Waals surface area contributed by atoms with Crippen LogP contribution in [-0.4, -0.2) is 29.1 Å². The van der Waals surface area contributed by atoms with Crippen LogP contribution in [0.3, 0.4) is 0 Å². The third kappa shape index (κ3) is 3.88. The number of carbonyl (C=O) groups is 1. The van der Waals surface area contributed by atoms with Crippen molar-refractivity contribution in [2.24, 2.45) is 0 Å². The molecule has 0 radical (unpaired) electrons. The Morgan fingerprint density at radius 2 is 1.89 bits per heavy atom. The van der Waals surface area contributed by atoms with Crippen molar-refractivity contribution in [3.05, 3.63) is 94.0 Å². The first-order valence-corrected chi connectivity index (χ1v) is 13.1. The molecule has 6 rings (SSSR count). The zero-order valence-electron chi connectivity index (χ0n) is 19.4. The number of H-pyrrole nitrogens is 1. The summed E-state index contributed by atoms with van der Waals surface area (Å²) in [7, 11) is -4.06. The number of pyridine rings is 1. The van der Waals surface area contributed by atoms with Crippen LogP contribution in [0, 0.1) is 17.5 Å². The van der Waals surface area contributed by atoms with E-state index in [9.17, 15) is 26.8 Å². The molecule has 0 bridgehead atoms. The zero-order chi connectivity index (χ0) is 26.8. The smallest absolute Gasteiger partial charge is 0.282 e. The van der Waals surface area contributed by atoms with E-state index in [0.717, 1.165) is 28.8 Å². The highest BCUT2D eigenvalue weighted by Crippen LogP contribution is 2.40. The Morgan fingerprint density at radius 1 is 1.11 bits per heavy atom. The normalized spacial score (nSPS) is 13.9. The van der Waals surface area contributed by atoms with Crippen LogP contribution in [0.25, 0.3) is 33.0 Å². The number of halogens is 3. The molecule has 1 aliphatic carbocycles. The molecule has 2 aromatic carbocycles. The summed E-state index contributed by atoms with van der Waals surface area (Å²) < 4.78 is 78.1. The van der Waals surface area contributed by atoms with Gasteiger partial charge in [-0.15, -0.1) is 0 Å². The van der Waals surface area contributed by atoms with Crippen LogP contribution in [0.15, 0.2) is 64.1 Å². The lowest BCUT2D eigenvalue weighted by atomic mass is 10.0. The SMILES string of the molecule is O=C(NS(=O)(=O)C1CC1)c1c(-c2ccc[nH]c2=O)c2c3occc3c(F)cc2n1Cc1cc(F)ccc1F. The van der Waals surface area contributed by atoms with Crippen molar-refractivity contribution >= 4 is 37.8 Å². The molecule has 0 saturated heterocycles. The van der Waals surface area contributed by atoms with Crippen LogP contribution in [0.2, 0.25) is 0 Å². The number of rotatable bonds is 6. The second-order valence-electron chi connectivity index (χ2n) is 9.05. The molecule has 5 aromatic rings. The molecule has 1 saturated carbocycles. The average Bonchev–Trinajstić information content (AvgIpc) is 3.54. The van der Waals surface area contributed by atoms with Gasteiger partial charge in [0, 0.05) is 17.3 Å². The lowest BCUT2D eigenvalue weighted by Crippen LogP contribution is -2.35. The maximum absolute atomic E-state index is 15.1. The summed E-state index contributed by atoms with van der Waals surface area (Å²) in [6, 6.07) is 8.09. The van der Waals surface area contributed by atoms with Gasteiger partial charge in [0.25, 0.3) is 11.5 Å². The first-order valence-electron chi connectivity index (χ1n) is 11.6. The molecule has 3 heterocycles. The van der Waals surface area contributed by atoms with Gasteiger partial charge in [-0.25, -0.2) is 26.3 Å². The van der Waals surface area contributed by atoms with Crippen LogP contribution in [0.4, 0.5) is 13.2 Å². The number of furan rings is 1. The van der Waals surface area contributed by atoms with E-state index < -0.39 is 50.7 Å². The molecule has 0 atom stereocenters. The Bertz CT molecular complexity index is 1940. The quantitative estimate of drug-likeness (QED) is 0.330. The highest BCUT2D eigenvalue weighted by atomic mass is 32.2. The second kappa shape index (κ2) is 8.62. The van der Waals surface area contributed by atoms with E-state index in [-0.39, 0.29) is 44.3 Å². The molecule has 12 heteroatoms. The van der Waals surface area contributed by atoms with Crippen LogP contribution in [-0.2, 0) is 16.6 Å². The topological polar surface area (TPSA) is 114 Å². The van der Waals surface area contributed by atoms with Crippen LogP contribution in [0.5, 0.6) is 0 Å². The fourth-order valence-corrected chi connectivity index (χ4v) is 5.94. The molecule has 3 aromatic heterocycles. The van der Waals surface area contributed by atoms with Gasteiger partial charge in [0.1, 0.15) is 28.7 Å². The summed E-state index contributed by atoms with van der Waals surface area (Å²) in [6.07, 6.45) is 3.35. The second-order valence-corrected chi connectivity index (χ2v) is 11.0. The van der Waals surface area contributed by atoms with Gasteiger partial charge >= 0.3 is 0 Å². The summed E-state index contributed by atoms with van der Waals surface area (Å²) in [5.41, 5.74) is -1.22. The minimum Gasteiger partial charge on any atom is -0.463 e. The number of nitrogens with one attached hydrogen (secondary N) is 2. The molecule has 0 aliphatic heterocycles. The molecule has 1 aliphatic rings. The van der Waals surface area contributed by atoms with E-state index in [1.807, 2.05) is 4.72 Å². The number of hydrogen-bond donors (Lipinski definition) is 2. The van der Waals surface area contributed by atoms with Crippen LogP contribution in [0.1, 0.15) is 28.9 Å². The number of benzene rings is 2. The summed E-state index contributed by atoms with van der Waals surface area (Å²) in [4.78, 5) is 29.1.